The van der Waals surface area contributed by atoms with Gasteiger partial charge in [-0.3, -0.25) is 4.98 Å². The Morgan fingerprint density at radius 3 is 3.21 bits per heavy atom. The highest BCUT2D eigenvalue weighted by atomic mass is 16.5. The highest BCUT2D eigenvalue weighted by Gasteiger charge is 2.26. The molecule has 1 aromatic rings. The van der Waals surface area contributed by atoms with Crippen LogP contribution >= 0.6 is 0 Å². The molecule has 0 aromatic carbocycles. The van der Waals surface area contributed by atoms with Gasteiger partial charge in [0.05, 0.1) is 11.8 Å². The van der Waals surface area contributed by atoms with Crippen LogP contribution in [-0.4, -0.2) is 23.3 Å². The van der Waals surface area contributed by atoms with E-state index < -0.39 is 6.10 Å². The predicted octanol–water partition coefficient (Wildman–Crippen LogP) is 1.47. The maximum Gasteiger partial charge on any atom is 0.125 e. The van der Waals surface area contributed by atoms with Gasteiger partial charge in [0, 0.05) is 13.3 Å². The third-order valence-corrected chi connectivity index (χ3v) is 2.75. The van der Waals surface area contributed by atoms with Gasteiger partial charge < -0.3 is 9.84 Å². The summed E-state index contributed by atoms with van der Waals surface area (Å²) in [6.07, 6.45) is 3.85. The Morgan fingerprint density at radius 2 is 2.43 bits per heavy atom. The van der Waals surface area contributed by atoms with Crippen LogP contribution in [0, 0.1) is 0 Å². The zero-order valence-electron chi connectivity index (χ0n) is 8.31. The van der Waals surface area contributed by atoms with E-state index in [-0.39, 0.29) is 6.10 Å². The molecule has 0 saturated heterocycles. The Morgan fingerprint density at radius 1 is 1.57 bits per heavy atom. The van der Waals surface area contributed by atoms with Crippen molar-refractivity contribution in [1.82, 2.24) is 4.98 Å². The van der Waals surface area contributed by atoms with E-state index in [1.54, 1.807) is 13.3 Å². The molecule has 2 rings (SSSR count). The van der Waals surface area contributed by atoms with Gasteiger partial charge in [-0.1, -0.05) is 6.07 Å². The second-order valence-corrected chi connectivity index (χ2v) is 3.66. The summed E-state index contributed by atoms with van der Waals surface area (Å²) < 4.78 is 5.30. The topological polar surface area (TPSA) is 42.4 Å². The number of ether oxygens (including phenoxy) is 1. The van der Waals surface area contributed by atoms with Gasteiger partial charge in [0.2, 0.25) is 0 Å². The van der Waals surface area contributed by atoms with E-state index in [4.69, 9.17) is 4.74 Å². The van der Waals surface area contributed by atoms with Crippen molar-refractivity contribution in [1.29, 1.82) is 0 Å². The number of fused-ring (bicyclic) bond motifs is 1. The Kier molecular flexibility index (Phi) is 2.79. The second kappa shape index (κ2) is 4.07. The highest BCUT2D eigenvalue weighted by Crippen LogP contribution is 2.29. The SMILES string of the molecule is COC1c2ncccc2CCCC1O. The summed E-state index contributed by atoms with van der Waals surface area (Å²) in [7, 11) is 1.62. The standard InChI is InChI=1S/C11H15NO2/c1-14-11-9(13)6-2-4-8-5-3-7-12-10(8)11/h3,5,7,9,11,13H,2,4,6H2,1H3. The summed E-state index contributed by atoms with van der Waals surface area (Å²) in [5, 5.41) is 9.83. The molecule has 14 heavy (non-hydrogen) atoms. The number of aryl methyl sites for hydroxylation is 1. The Hall–Kier alpha value is -0.930. The van der Waals surface area contributed by atoms with Crippen molar-refractivity contribution in [2.24, 2.45) is 0 Å². The first-order valence-electron chi connectivity index (χ1n) is 4.97. The van der Waals surface area contributed by atoms with Crippen molar-refractivity contribution in [3.63, 3.8) is 0 Å². The molecule has 0 fully saturated rings. The monoisotopic (exact) mass is 193 g/mol. The number of nitrogens with zero attached hydrogens (tertiary/aromatic N) is 1. The summed E-state index contributed by atoms with van der Waals surface area (Å²) in [5.41, 5.74) is 2.11. The maximum absolute atomic E-state index is 9.83. The molecule has 0 spiro atoms. The van der Waals surface area contributed by atoms with E-state index in [2.05, 4.69) is 11.1 Å². The average Bonchev–Trinajstić information content (AvgIpc) is 2.36. The van der Waals surface area contributed by atoms with Crippen LogP contribution in [0.15, 0.2) is 18.3 Å². The number of aliphatic hydroxyl groups is 1. The summed E-state index contributed by atoms with van der Waals surface area (Å²) in [4.78, 5) is 4.30. The van der Waals surface area contributed by atoms with Gasteiger partial charge in [0.1, 0.15) is 6.10 Å². The minimum absolute atomic E-state index is 0.256. The fraction of sp³-hybridized carbons (Fsp3) is 0.545. The molecule has 0 radical (unpaired) electrons. The predicted molar refractivity (Wildman–Crippen MR) is 52.9 cm³/mol. The number of aromatic nitrogens is 1. The Labute approximate surface area is 83.7 Å². The average molecular weight is 193 g/mol. The van der Waals surface area contributed by atoms with Crippen LogP contribution in [0.2, 0.25) is 0 Å². The van der Waals surface area contributed by atoms with Crippen LogP contribution in [-0.2, 0) is 11.2 Å². The van der Waals surface area contributed by atoms with Crippen molar-refractivity contribution in [2.45, 2.75) is 31.5 Å². The molecule has 1 N–H and O–H groups in total. The molecule has 2 atom stereocenters. The molecule has 1 heterocycles. The van der Waals surface area contributed by atoms with E-state index in [1.807, 2.05) is 6.07 Å². The molecule has 2 unspecified atom stereocenters. The van der Waals surface area contributed by atoms with Crippen molar-refractivity contribution >= 4 is 0 Å². The normalized spacial score (nSPS) is 26.7. The van der Waals surface area contributed by atoms with Gasteiger partial charge in [-0.05, 0) is 30.9 Å². The lowest BCUT2D eigenvalue weighted by molar-refractivity contribution is -0.0178. The third-order valence-electron chi connectivity index (χ3n) is 2.75. The fourth-order valence-electron chi connectivity index (χ4n) is 2.02. The first kappa shape index (κ1) is 9.62. The molecular formula is C11H15NO2. The number of aliphatic hydroxyl groups excluding tert-OH is 1. The summed E-state index contributed by atoms with van der Waals surface area (Å²) in [6, 6.07) is 4.00. The zero-order chi connectivity index (χ0) is 9.97. The Balaban J connectivity index is 2.39. The smallest absolute Gasteiger partial charge is 0.125 e. The minimum atomic E-state index is -0.420. The number of hydrogen-bond acceptors (Lipinski definition) is 3. The molecule has 0 amide bonds. The molecule has 1 aliphatic carbocycles. The lowest BCUT2D eigenvalue weighted by atomic mass is 10.1. The first-order valence-corrected chi connectivity index (χ1v) is 4.97. The first-order chi connectivity index (χ1) is 6.83. The van der Waals surface area contributed by atoms with Gasteiger partial charge >= 0.3 is 0 Å². The number of rotatable bonds is 1. The van der Waals surface area contributed by atoms with Gasteiger partial charge in [-0.2, -0.15) is 0 Å². The molecular weight excluding hydrogens is 178 g/mol. The molecule has 1 aromatic heterocycles. The van der Waals surface area contributed by atoms with E-state index in [9.17, 15) is 5.11 Å². The third kappa shape index (κ3) is 1.65. The van der Waals surface area contributed by atoms with E-state index in [0.29, 0.717) is 0 Å². The summed E-state index contributed by atoms with van der Waals surface area (Å²) in [6.45, 7) is 0. The number of methoxy groups -OCH3 is 1. The quantitative estimate of drug-likeness (QED) is 0.687. The van der Waals surface area contributed by atoms with Crippen LogP contribution in [0.25, 0.3) is 0 Å². The molecule has 0 aliphatic heterocycles. The molecule has 3 heteroatoms. The maximum atomic E-state index is 9.83. The lowest BCUT2D eigenvalue weighted by Crippen LogP contribution is -2.20. The second-order valence-electron chi connectivity index (χ2n) is 3.66. The minimum Gasteiger partial charge on any atom is -0.390 e. The largest absolute Gasteiger partial charge is 0.390 e. The van der Waals surface area contributed by atoms with Crippen molar-refractivity contribution in [3.8, 4) is 0 Å². The number of pyridine rings is 1. The Bertz CT molecular complexity index is 314. The van der Waals surface area contributed by atoms with E-state index >= 15 is 0 Å². The number of hydrogen-bond donors (Lipinski definition) is 1. The van der Waals surface area contributed by atoms with Crippen LogP contribution in [0.1, 0.15) is 30.2 Å². The molecule has 0 saturated carbocycles. The summed E-state index contributed by atoms with van der Waals surface area (Å²) in [5.74, 6) is 0. The highest BCUT2D eigenvalue weighted by molar-refractivity contribution is 5.24. The molecule has 3 nitrogen and oxygen atoms in total. The summed E-state index contributed by atoms with van der Waals surface area (Å²) >= 11 is 0. The zero-order valence-corrected chi connectivity index (χ0v) is 8.31. The van der Waals surface area contributed by atoms with Gasteiger partial charge in [0.25, 0.3) is 0 Å². The lowest BCUT2D eigenvalue weighted by Gasteiger charge is -2.19. The van der Waals surface area contributed by atoms with Crippen molar-refractivity contribution in [2.75, 3.05) is 7.11 Å². The van der Waals surface area contributed by atoms with Crippen molar-refractivity contribution < 1.29 is 9.84 Å². The van der Waals surface area contributed by atoms with E-state index in [0.717, 1.165) is 25.0 Å². The molecule has 1 aliphatic rings. The van der Waals surface area contributed by atoms with Crippen LogP contribution in [0.5, 0.6) is 0 Å². The van der Waals surface area contributed by atoms with Gasteiger partial charge in [-0.25, -0.2) is 0 Å². The van der Waals surface area contributed by atoms with E-state index in [1.165, 1.54) is 5.56 Å². The molecule has 0 bridgehead atoms. The van der Waals surface area contributed by atoms with Gasteiger partial charge in [-0.15, -0.1) is 0 Å². The van der Waals surface area contributed by atoms with Crippen LogP contribution < -0.4 is 0 Å². The molecule has 76 valence electrons. The fourth-order valence-corrected chi connectivity index (χ4v) is 2.02. The van der Waals surface area contributed by atoms with Gasteiger partial charge in [0.15, 0.2) is 0 Å². The van der Waals surface area contributed by atoms with Crippen LogP contribution in [0.4, 0.5) is 0 Å². The van der Waals surface area contributed by atoms with Crippen molar-refractivity contribution in [3.05, 3.63) is 29.6 Å². The van der Waals surface area contributed by atoms with Crippen LogP contribution in [0.3, 0.4) is 0 Å².